The number of benzene rings is 1. The molecular formula is C24H37N3O2. The summed E-state index contributed by atoms with van der Waals surface area (Å²) in [6, 6.07) is 6.18. The summed E-state index contributed by atoms with van der Waals surface area (Å²) in [5, 5.41) is 4.16. The van der Waals surface area contributed by atoms with Crippen LogP contribution in [0.1, 0.15) is 65.4 Å². The Morgan fingerprint density at radius 2 is 1.97 bits per heavy atom. The molecule has 3 rings (SSSR count). The van der Waals surface area contributed by atoms with Gasteiger partial charge < -0.3 is 14.6 Å². The quantitative estimate of drug-likeness (QED) is 0.659. The van der Waals surface area contributed by atoms with E-state index < -0.39 is 0 Å². The Morgan fingerprint density at radius 1 is 1.24 bits per heavy atom. The summed E-state index contributed by atoms with van der Waals surface area (Å²) in [7, 11) is 0. The number of likely N-dealkylation sites (tertiary alicyclic amines) is 1. The summed E-state index contributed by atoms with van der Waals surface area (Å²) >= 11 is 0. The van der Waals surface area contributed by atoms with E-state index in [2.05, 4.69) is 50.9 Å². The van der Waals surface area contributed by atoms with E-state index >= 15 is 0 Å². The molecule has 0 bridgehead atoms. The lowest BCUT2D eigenvalue weighted by Gasteiger charge is -2.32. The van der Waals surface area contributed by atoms with Crippen molar-refractivity contribution in [3.05, 3.63) is 30.0 Å². The summed E-state index contributed by atoms with van der Waals surface area (Å²) in [4.78, 5) is 17.1. The zero-order valence-electron chi connectivity index (χ0n) is 18.7. The predicted molar refractivity (Wildman–Crippen MR) is 121 cm³/mol. The molecule has 1 N–H and O–H groups in total. The Labute approximate surface area is 175 Å². The van der Waals surface area contributed by atoms with Crippen molar-refractivity contribution in [3.8, 4) is 0 Å². The average Bonchev–Trinajstić information content (AvgIpc) is 3.09. The number of amides is 2. The van der Waals surface area contributed by atoms with Gasteiger partial charge in [-0.1, -0.05) is 20.8 Å². The normalized spacial score (nSPS) is 16.1. The van der Waals surface area contributed by atoms with Crippen LogP contribution in [0.25, 0.3) is 11.0 Å². The minimum atomic E-state index is -0.0340. The molecule has 1 aliphatic rings. The third kappa shape index (κ3) is 5.13. The molecule has 0 saturated carbocycles. The van der Waals surface area contributed by atoms with Crippen LogP contribution in [0.5, 0.6) is 0 Å². The topological polar surface area (TPSA) is 48.7 Å². The van der Waals surface area contributed by atoms with Crippen molar-refractivity contribution in [2.45, 2.75) is 65.8 Å². The summed E-state index contributed by atoms with van der Waals surface area (Å²) in [6.45, 7) is 14.9. The molecule has 1 aromatic carbocycles. The largest absolute Gasteiger partial charge is 0.464 e. The van der Waals surface area contributed by atoms with E-state index in [-0.39, 0.29) is 12.1 Å². The lowest BCUT2D eigenvalue weighted by molar-refractivity contribution is 0.192. The monoisotopic (exact) mass is 399 g/mol. The first kappa shape index (κ1) is 21.7. The number of carbonyl (C=O) groups excluding carboxylic acids is 1. The fraction of sp³-hybridized carbons (Fsp3) is 0.625. The standard InChI is InChI=1S/C24H37N3O2/c1-6-11-25-24(28)27(18(4)5)20-7-8-23-21(14-20)22(16-29-23)19-9-12-26(13-10-19)15-17(2)3/h7-8,14,16-19H,6,9-13,15H2,1-5H3,(H,25,28). The van der Waals surface area contributed by atoms with Crippen LogP contribution in [-0.4, -0.2) is 43.2 Å². The van der Waals surface area contributed by atoms with Gasteiger partial charge in [0.2, 0.25) is 0 Å². The van der Waals surface area contributed by atoms with Gasteiger partial charge in [0.25, 0.3) is 0 Å². The second-order valence-corrected chi connectivity index (χ2v) is 9.04. The van der Waals surface area contributed by atoms with E-state index in [0.29, 0.717) is 18.4 Å². The van der Waals surface area contributed by atoms with Crippen molar-refractivity contribution >= 4 is 22.7 Å². The molecule has 2 aromatic rings. The molecule has 0 radical (unpaired) electrons. The SMILES string of the molecule is CCCNC(=O)N(c1ccc2occ(C3CCN(CC(C)C)CC3)c2c1)C(C)C. The zero-order chi connectivity index (χ0) is 21.0. The molecule has 1 aromatic heterocycles. The van der Waals surface area contributed by atoms with Gasteiger partial charge in [-0.2, -0.15) is 0 Å². The number of hydrogen-bond acceptors (Lipinski definition) is 3. The maximum atomic E-state index is 12.7. The van der Waals surface area contributed by atoms with Crippen molar-refractivity contribution < 1.29 is 9.21 Å². The molecular weight excluding hydrogens is 362 g/mol. The smallest absolute Gasteiger partial charge is 0.322 e. The third-order valence-electron chi connectivity index (χ3n) is 5.78. The first-order valence-corrected chi connectivity index (χ1v) is 11.2. The Morgan fingerprint density at radius 3 is 2.59 bits per heavy atom. The highest BCUT2D eigenvalue weighted by atomic mass is 16.3. The van der Waals surface area contributed by atoms with Crippen LogP contribution in [0.15, 0.2) is 28.9 Å². The fourth-order valence-electron chi connectivity index (χ4n) is 4.41. The molecule has 2 heterocycles. The number of urea groups is 1. The molecule has 0 atom stereocenters. The highest BCUT2D eigenvalue weighted by molar-refractivity contribution is 5.95. The van der Waals surface area contributed by atoms with E-state index in [1.807, 2.05) is 23.3 Å². The van der Waals surface area contributed by atoms with Crippen LogP contribution < -0.4 is 10.2 Å². The highest BCUT2D eigenvalue weighted by Gasteiger charge is 2.25. The van der Waals surface area contributed by atoms with Gasteiger partial charge in [-0.15, -0.1) is 0 Å². The molecule has 1 fully saturated rings. The van der Waals surface area contributed by atoms with Crippen LogP contribution in [0, 0.1) is 5.92 Å². The van der Waals surface area contributed by atoms with Gasteiger partial charge in [0.15, 0.2) is 0 Å². The second-order valence-electron chi connectivity index (χ2n) is 9.04. The van der Waals surface area contributed by atoms with Gasteiger partial charge in [-0.3, -0.25) is 4.90 Å². The van der Waals surface area contributed by atoms with Crippen molar-refractivity contribution in [2.75, 3.05) is 31.1 Å². The number of anilines is 1. The molecule has 5 nitrogen and oxygen atoms in total. The molecule has 2 amide bonds. The molecule has 0 aliphatic carbocycles. The molecule has 1 aliphatic heterocycles. The Hall–Kier alpha value is -2.01. The van der Waals surface area contributed by atoms with Crippen molar-refractivity contribution in [1.82, 2.24) is 10.2 Å². The molecule has 0 unspecified atom stereocenters. The van der Waals surface area contributed by atoms with Crippen molar-refractivity contribution in [1.29, 1.82) is 0 Å². The zero-order valence-corrected chi connectivity index (χ0v) is 18.7. The molecule has 5 heteroatoms. The summed E-state index contributed by atoms with van der Waals surface area (Å²) in [5.74, 6) is 1.24. The number of fused-ring (bicyclic) bond motifs is 1. The lowest BCUT2D eigenvalue weighted by Crippen LogP contribution is -2.44. The number of piperidine rings is 1. The lowest BCUT2D eigenvalue weighted by atomic mass is 9.89. The van der Waals surface area contributed by atoms with E-state index in [1.165, 1.54) is 12.1 Å². The maximum absolute atomic E-state index is 12.7. The predicted octanol–water partition coefficient (Wildman–Crippen LogP) is 5.60. The van der Waals surface area contributed by atoms with E-state index in [1.54, 1.807) is 0 Å². The van der Waals surface area contributed by atoms with E-state index in [9.17, 15) is 4.79 Å². The average molecular weight is 400 g/mol. The van der Waals surface area contributed by atoms with Gasteiger partial charge in [-0.05, 0) is 76.2 Å². The minimum Gasteiger partial charge on any atom is -0.464 e. The van der Waals surface area contributed by atoms with Gasteiger partial charge in [0, 0.05) is 35.8 Å². The van der Waals surface area contributed by atoms with Crippen LogP contribution in [-0.2, 0) is 0 Å². The minimum absolute atomic E-state index is 0.0340. The summed E-state index contributed by atoms with van der Waals surface area (Å²) in [6.07, 6.45) is 5.19. The maximum Gasteiger partial charge on any atom is 0.322 e. The van der Waals surface area contributed by atoms with Crippen LogP contribution in [0.4, 0.5) is 10.5 Å². The Balaban J connectivity index is 1.82. The number of furan rings is 1. The number of nitrogens with zero attached hydrogens (tertiary/aromatic N) is 2. The first-order chi connectivity index (χ1) is 13.9. The van der Waals surface area contributed by atoms with E-state index in [4.69, 9.17) is 4.42 Å². The van der Waals surface area contributed by atoms with E-state index in [0.717, 1.165) is 49.0 Å². The Bertz CT molecular complexity index is 804. The molecule has 1 saturated heterocycles. The van der Waals surface area contributed by atoms with Gasteiger partial charge in [0.1, 0.15) is 5.58 Å². The second kappa shape index (κ2) is 9.66. The van der Waals surface area contributed by atoms with Crippen molar-refractivity contribution in [3.63, 3.8) is 0 Å². The van der Waals surface area contributed by atoms with Crippen LogP contribution >= 0.6 is 0 Å². The van der Waals surface area contributed by atoms with Crippen LogP contribution in [0.2, 0.25) is 0 Å². The Kier molecular flexibility index (Phi) is 7.23. The van der Waals surface area contributed by atoms with Gasteiger partial charge in [0.05, 0.1) is 6.26 Å². The molecule has 29 heavy (non-hydrogen) atoms. The number of hydrogen-bond donors (Lipinski definition) is 1. The van der Waals surface area contributed by atoms with Crippen molar-refractivity contribution in [2.24, 2.45) is 5.92 Å². The molecule has 0 spiro atoms. The number of rotatable bonds is 7. The summed E-state index contributed by atoms with van der Waals surface area (Å²) < 4.78 is 5.88. The first-order valence-electron chi connectivity index (χ1n) is 11.2. The summed E-state index contributed by atoms with van der Waals surface area (Å²) in [5.41, 5.74) is 3.13. The van der Waals surface area contributed by atoms with Gasteiger partial charge in [-0.25, -0.2) is 4.79 Å². The fourth-order valence-corrected chi connectivity index (χ4v) is 4.41. The number of carbonyl (C=O) groups is 1. The van der Waals surface area contributed by atoms with Crippen LogP contribution in [0.3, 0.4) is 0 Å². The third-order valence-corrected chi connectivity index (χ3v) is 5.78. The van der Waals surface area contributed by atoms with Gasteiger partial charge >= 0.3 is 6.03 Å². The number of nitrogens with one attached hydrogen (secondary N) is 1. The molecule has 160 valence electrons. The highest BCUT2D eigenvalue weighted by Crippen LogP contribution is 2.36.